The van der Waals surface area contributed by atoms with Gasteiger partial charge in [0, 0.05) is 13.0 Å². The summed E-state index contributed by atoms with van der Waals surface area (Å²) in [6.45, 7) is 5.71. The van der Waals surface area contributed by atoms with Crippen molar-refractivity contribution < 1.29 is 43.2 Å². The van der Waals surface area contributed by atoms with Gasteiger partial charge in [-0.25, -0.2) is 9.59 Å². The number of aliphatic hydroxyl groups is 1. The second kappa shape index (κ2) is 41.6. The fraction of sp³-hybridized carbons (Fsp3) is 0.935. The van der Waals surface area contributed by atoms with E-state index in [1.165, 1.54) is 174 Å². The van der Waals surface area contributed by atoms with Gasteiger partial charge in [0.15, 0.2) is 0 Å². The maximum atomic E-state index is 13.1. The van der Waals surface area contributed by atoms with Crippen LogP contribution in [0.1, 0.15) is 233 Å². The highest BCUT2D eigenvalue weighted by molar-refractivity contribution is 5.77. The van der Waals surface area contributed by atoms with E-state index in [9.17, 15) is 14.4 Å². The Labute approximate surface area is 338 Å². The minimum Gasteiger partial charge on any atom is -0.465 e. The summed E-state index contributed by atoms with van der Waals surface area (Å²) in [5.74, 6) is -0.609. The van der Waals surface area contributed by atoms with Crippen molar-refractivity contribution in [3.8, 4) is 0 Å². The second-order valence-corrected chi connectivity index (χ2v) is 16.2. The summed E-state index contributed by atoms with van der Waals surface area (Å²) in [5, 5.41) is 8.91. The average Bonchev–Trinajstić information content (AvgIpc) is 3.18. The lowest BCUT2D eigenvalue weighted by Gasteiger charge is -2.26. The molecule has 0 aliphatic heterocycles. The summed E-state index contributed by atoms with van der Waals surface area (Å²) in [6, 6.07) is 0. The van der Waals surface area contributed by atoms with E-state index in [0.29, 0.717) is 0 Å². The van der Waals surface area contributed by atoms with Crippen molar-refractivity contribution in [1.82, 2.24) is 0 Å². The number of esters is 1. The Morgan fingerprint density at radius 1 is 0.364 bits per heavy atom. The molecule has 0 aromatic heterocycles. The molecule has 0 saturated heterocycles. The fourth-order valence-electron chi connectivity index (χ4n) is 6.69. The highest BCUT2D eigenvalue weighted by Gasteiger charge is 2.39. The first-order valence-corrected chi connectivity index (χ1v) is 23.3. The molecule has 0 bridgehead atoms. The van der Waals surface area contributed by atoms with Crippen LogP contribution in [0.2, 0.25) is 0 Å². The molecular formula is C46H88O9. The molecule has 326 valence electrons. The van der Waals surface area contributed by atoms with Gasteiger partial charge >= 0.3 is 18.3 Å². The van der Waals surface area contributed by atoms with Gasteiger partial charge in [0.05, 0.1) is 19.8 Å². The Hall–Kier alpha value is -2.03. The van der Waals surface area contributed by atoms with Crippen molar-refractivity contribution in [2.24, 2.45) is 5.41 Å². The Balaban J connectivity index is 4.16. The van der Waals surface area contributed by atoms with Crippen LogP contribution in [0.3, 0.4) is 0 Å². The van der Waals surface area contributed by atoms with Crippen LogP contribution >= 0.6 is 0 Å². The highest BCUT2D eigenvalue weighted by Crippen LogP contribution is 2.22. The van der Waals surface area contributed by atoms with Crippen molar-refractivity contribution in [1.29, 1.82) is 0 Å². The smallest absolute Gasteiger partial charge is 0.465 e. The normalized spacial score (nSPS) is 12.3. The molecule has 0 saturated carbocycles. The molecule has 0 rings (SSSR count). The average molecular weight is 785 g/mol. The first-order valence-electron chi connectivity index (χ1n) is 23.3. The highest BCUT2D eigenvalue weighted by atomic mass is 16.7. The van der Waals surface area contributed by atoms with Gasteiger partial charge in [-0.3, -0.25) is 4.79 Å². The number of rotatable bonds is 42. The Morgan fingerprint density at radius 3 is 0.909 bits per heavy atom. The second-order valence-electron chi connectivity index (χ2n) is 16.2. The van der Waals surface area contributed by atoms with E-state index in [0.717, 1.165) is 38.5 Å². The number of aliphatic hydroxyl groups excluding tert-OH is 1. The maximum Gasteiger partial charge on any atom is 0.508 e. The van der Waals surface area contributed by atoms with Crippen LogP contribution in [0.25, 0.3) is 0 Å². The third-order valence-corrected chi connectivity index (χ3v) is 10.5. The van der Waals surface area contributed by atoms with Crippen LogP contribution in [-0.4, -0.2) is 63.0 Å². The van der Waals surface area contributed by atoms with Crippen LogP contribution in [0.5, 0.6) is 0 Å². The molecule has 1 unspecified atom stereocenters. The van der Waals surface area contributed by atoms with Gasteiger partial charge < -0.3 is 28.8 Å². The minimum atomic E-state index is -1.42. The van der Waals surface area contributed by atoms with Crippen LogP contribution < -0.4 is 0 Å². The molecule has 1 N–H and O–H groups in total. The lowest BCUT2D eigenvalue weighted by Crippen LogP contribution is -2.40. The van der Waals surface area contributed by atoms with Crippen LogP contribution in [0.4, 0.5) is 9.59 Å². The van der Waals surface area contributed by atoms with Gasteiger partial charge in [-0.1, -0.05) is 206 Å². The maximum absolute atomic E-state index is 13.1. The quantitative estimate of drug-likeness (QED) is 0.0366. The summed E-state index contributed by atoms with van der Waals surface area (Å²) in [6.07, 6.45) is 39.0. The minimum absolute atomic E-state index is 0.00205. The first-order chi connectivity index (χ1) is 26.9. The van der Waals surface area contributed by atoms with Crippen LogP contribution in [0, 0.1) is 5.41 Å². The number of ether oxygens (including phenoxy) is 5. The molecule has 0 aromatic rings. The summed E-state index contributed by atoms with van der Waals surface area (Å²) in [4.78, 5) is 37.5. The largest absolute Gasteiger partial charge is 0.508 e. The third kappa shape index (κ3) is 37.3. The lowest BCUT2D eigenvalue weighted by molar-refractivity contribution is -0.161. The van der Waals surface area contributed by atoms with Crippen LogP contribution in [0.15, 0.2) is 0 Å². The molecule has 9 nitrogen and oxygen atoms in total. The SMILES string of the molecule is CCCCCCCCCCCCCCCCCCOC(=O)OCC(C)(COC(=O)OCCCO)C(=O)OCCCCCCCCCCCCCCCCCC. The zero-order valence-corrected chi connectivity index (χ0v) is 36.3. The summed E-state index contributed by atoms with van der Waals surface area (Å²) in [5.41, 5.74) is -1.42. The number of carbonyl (C=O) groups is 3. The predicted molar refractivity (Wildman–Crippen MR) is 224 cm³/mol. The van der Waals surface area contributed by atoms with Crippen molar-refractivity contribution in [2.45, 2.75) is 233 Å². The Bertz CT molecular complexity index is 851. The molecule has 9 heteroatoms. The van der Waals surface area contributed by atoms with E-state index in [1.807, 2.05) is 0 Å². The molecule has 0 aliphatic rings. The molecule has 0 aliphatic carbocycles. The Morgan fingerprint density at radius 2 is 0.618 bits per heavy atom. The molecule has 0 spiro atoms. The lowest BCUT2D eigenvalue weighted by atomic mass is 9.93. The van der Waals surface area contributed by atoms with Gasteiger partial charge in [-0.05, 0) is 19.8 Å². The number of hydrogen-bond acceptors (Lipinski definition) is 9. The van der Waals surface area contributed by atoms with Crippen LogP contribution in [-0.2, 0) is 28.5 Å². The molecular weight excluding hydrogens is 696 g/mol. The molecule has 0 radical (unpaired) electrons. The number of unbranched alkanes of at least 4 members (excludes halogenated alkanes) is 30. The first kappa shape index (κ1) is 53.0. The van der Waals surface area contributed by atoms with E-state index in [4.69, 9.17) is 28.8 Å². The van der Waals surface area contributed by atoms with E-state index >= 15 is 0 Å². The van der Waals surface area contributed by atoms with Crippen molar-refractivity contribution in [3.63, 3.8) is 0 Å². The molecule has 0 heterocycles. The monoisotopic (exact) mass is 785 g/mol. The molecule has 0 aromatic carbocycles. The molecule has 0 fully saturated rings. The Kier molecular flexibility index (Phi) is 40.1. The topological polar surface area (TPSA) is 118 Å². The zero-order chi connectivity index (χ0) is 40.3. The predicted octanol–water partition coefficient (Wildman–Crippen LogP) is 13.7. The number of carbonyl (C=O) groups excluding carboxylic acids is 3. The standard InChI is InChI=1S/C46H88O9/c1-4-6-8-10-12-14-16-18-20-22-24-26-28-30-32-34-38-51-43(48)46(3,42-55-45(50)53-40-36-37-47)41-54-44(49)52-39-35-33-31-29-27-25-23-21-19-17-15-13-11-9-7-5-2/h47H,4-42H2,1-3H3. The summed E-state index contributed by atoms with van der Waals surface area (Å²) < 4.78 is 26.2. The van der Waals surface area contributed by atoms with E-state index in [2.05, 4.69) is 13.8 Å². The van der Waals surface area contributed by atoms with E-state index < -0.39 is 23.7 Å². The van der Waals surface area contributed by atoms with Crippen molar-refractivity contribution in [2.75, 3.05) is 39.6 Å². The summed E-state index contributed by atoms with van der Waals surface area (Å²) >= 11 is 0. The van der Waals surface area contributed by atoms with Gasteiger partial charge in [0.25, 0.3) is 0 Å². The van der Waals surface area contributed by atoms with E-state index in [-0.39, 0.29) is 46.1 Å². The van der Waals surface area contributed by atoms with E-state index in [1.54, 1.807) is 0 Å². The summed E-state index contributed by atoms with van der Waals surface area (Å²) in [7, 11) is 0. The number of hydrogen-bond donors (Lipinski definition) is 1. The van der Waals surface area contributed by atoms with Gasteiger partial charge in [0.1, 0.15) is 18.6 Å². The van der Waals surface area contributed by atoms with Gasteiger partial charge in [0.2, 0.25) is 0 Å². The van der Waals surface area contributed by atoms with Gasteiger partial charge in [-0.15, -0.1) is 0 Å². The molecule has 55 heavy (non-hydrogen) atoms. The third-order valence-electron chi connectivity index (χ3n) is 10.5. The zero-order valence-electron chi connectivity index (χ0n) is 36.3. The fourth-order valence-corrected chi connectivity index (χ4v) is 6.69. The molecule has 0 amide bonds. The van der Waals surface area contributed by atoms with Gasteiger partial charge in [-0.2, -0.15) is 0 Å². The van der Waals surface area contributed by atoms with Crippen molar-refractivity contribution >= 4 is 18.3 Å². The molecule has 1 atom stereocenters. The van der Waals surface area contributed by atoms with Crippen molar-refractivity contribution in [3.05, 3.63) is 0 Å².